The number of rotatable bonds is 8. The van der Waals surface area contributed by atoms with E-state index in [1.165, 1.54) is 11.1 Å². The summed E-state index contributed by atoms with van der Waals surface area (Å²) in [5.41, 5.74) is 2.94. The molecule has 1 saturated heterocycles. The number of benzene rings is 3. The van der Waals surface area contributed by atoms with Crippen molar-refractivity contribution in [2.75, 3.05) is 38.5 Å². The molecule has 1 aliphatic heterocycles. The Morgan fingerprint density at radius 2 is 1.50 bits per heavy atom. The van der Waals surface area contributed by atoms with Gasteiger partial charge in [0.25, 0.3) is 0 Å². The third-order valence-electron chi connectivity index (χ3n) is 5.86. The van der Waals surface area contributed by atoms with Crippen LogP contribution in [0.15, 0.2) is 83.8 Å². The fraction of sp³-hybridized carbons (Fsp3) is 0.269. The number of hydrogen-bond acceptors (Lipinski definition) is 4. The molecule has 6 heteroatoms. The molecule has 32 heavy (non-hydrogen) atoms. The first kappa shape index (κ1) is 22.9. The lowest BCUT2D eigenvalue weighted by Crippen LogP contribution is -2.48. The minimum absolute atomic E-state index is 0.215. The van der Waals surface area contributed by atoms with Crippen LogP contribution < -0.4 is 0 Å². The van der Waals surface area contributed by atoms with Gasteiger partial charge in [-0.3, -0.25) is 9.80 Å². The van der Waals surface area contributed by atoms with Crippen molar-refractivity contribution in [3.8, 4) is 0 Å². The number of thioether (sulfide) groups is 1. The highest BCUT2D eigenvalue weighted by Crippen LogP contribution is 2.30. The Bertz CT molecular complexity index is 1020. The fourth-order valence-electron chi connectivity index (χ4n) is 4.19. The molecule has 1 atom stereocenters. The highest BCUT2D eigenvalue weighted by atomic mass is 35.5. The normalized spacial score (nSPS) is 16.0. The summed E-state index contributed by atoms with van der Waals surface area (Å²) in [6, 6.07) is 26.3. The number of carboxylic acid groups (broad SMARTS) is 1. The molecule has 0 amide bonds. The molecule has 1 heterocycles. The van der Waals surface area contributed by atoms with Crippen LogP contribution in [0.5, 0.6) is 0 Å². The number of carbonyl (C=O) groups is 1. The smallest absolute Gasteiger partial charge is 0.336 e. The van der Waals surface area contributed by atoms with Gasteiger partial charge in [0.2, 0.25) is 0 Å². The SMILES string of the molecule is O=C(O)c1ccccc1SCCN1CCN(C(c2ccccc2)c2ccc(Cl)cc2)CC1. The van der Waals surface area contributed by atoms with Crippen LogP contribution in [0.1, 0.15) is 27.5 Å². The van der Waals surface area contributed by atoms with E-state index in [9.17, 15) is 9.90 Å². The van der Waals surface area contributed by atoms with E-state index in [1.54, 1.807) is 23.9 Å². The maximum atomic E-state index is 11.4. The van der Waals surface area contributed by atoms with Gasteiger partial charge >= 0.3 is 5.97 Å². The van der Waals surface area contributed by atoms with Crippen molar-refractivity contribution in [2.45, 2.75) is 10.9 Å². The summed E-state index contributed by atoms with van der Waals surface area (Å²) in [5, 5.41) is 10.1. The van der Waals surface area contributed by atoms with Crippen molar-refractivity contribution in [1.82, 2.24) is 9.80 Å². The second-order valence-electron chi connectivity index (χ2n) is 7.89. The molecule has 1 N–H and O–H groups in total. The minimum atomic E-state index is -0.865. The molecule has 3 aromatic carbocycles. The van der Waals surface area contributed by atoms with E-state index in [-0.39, 0.29) is 6.04 Å². The Morgan fingerprint density at radius 3 is 2.19 bits per heavy atom. The average molecular weight is 467 g/mol. The van der Waals surface area contributed by atoms with Crippen LogP contribution in [0.4, 0.5) is 0 Å². The first-order chi connectivity index (χ1) is 15.6. The lowest BCUT2D eigenvalue weighted by atomic mass is 9.96. The maximum absolute atomic E-state index is 11.4. The van der Waals surface area contributed by atoms with Gasteiger partial charge < -0.3 is 5.11 Å². The van der Waals surface area contributed by atoms with Crippen LogP contribution in [0.25, 0.3) is 0 Å². The van der Waals surface area contributed by atoms with Crippen molar-refractivity contribution < 1.29 is 9.90 Å². The minimum Gasteiger partial charge on any atom is -0.478 e. The Morgan fingerprint density at radius 1 is 0.875 bits per heavy atom. The molecule has 0 spiro atoms. The largest absolute Gasteiger partial charge is 0.478 e. The first-order valence-corrected chi connectivity index (χ1v) is 12.2. The average Bonchev–Trinajstić information content (AvgIpc) is 2.82. The quantitative estimate of drug-likeness (QED) is 0.442. The van der Waals surface area contributed by atoms with Crippen LogP contribution in [0.2, 0.25) is 5.02 Å². The van der Waals surface area contributed by atoms with Gasteiger partial charge in [0.1, 0.15) is 0 Å². The van der Waals surface area contributed by atoms with E-state index >= 15 is 0 Å². The molecule has 3 aromatic rings. The molecule has 4 nitrogen and oxygen atoms in total. The van der Waals surface area contributed by atoms with Crippen LogP contribution >= 0.6 is 23.4 Å². The number of nitrogens with zero attached hydrogens (tertiary/aromatic N) is 2. The van der Waals surface area contributed by atoms with Gasteiger partial charge in [0, 0.05) is 48.4 Å². The predicted molar refractivity (Wildman–Crippen MR) is 132 cm³/mol. The van der Waals surface area contributed by atoms with E-state index in [2.05, 4.69) is 52.3 Å². The van der Waals surface area contributed by atoms with Gasteiger partial charge in [0.15, 0.2) is 0 Å². The highest BCUT2D eigenvalue weighted by Gasteiger charge is 2.26. The zero-order valence-corrected chi connectivity index (χ0v) is 19.4. The summed E-state index contributed by atoms with van der Waals surface area (Å²) in [6.07, 6.45) is 0. The van der Waals surface area contributed by atoms with Gasteiger partial charge in [-0.25, -0.2) is 4.79 Å². The Hall–Kier alpha value is -2.31. The molecule has 1 aliphatic rings. The summed E-state index contributed by atoms with van der Waals surface area (Å²) in [7, 11) is 0. The molecule has 0 aromatic heterocycles. The predicted octanol–water partition coefficient (Wildman–Crippen LogP) is 5.54. The van der Waals surface area contributed by atoms with Gasteiger partial charge in [0.05, 0.1) is 11.6 Å². The summed E-state index contributed by atoms with van der Waals surface area (Å²) in [6.45, 7) is 4.91. The van der Waals surface area contributed by atoms with Crippen molar-refractivity contribution in [3.63, 3.8) is 0 Å². The maximum Gasteiger partial charge on any atom is 0.336 e. The van der Waals surface area contributed by atoms with E-state index in [4.69, 9.17) is 11.6 Å². The third-order valence-corrected chi connectivity index (χ3v) is 7.16. The van der Waals surface area contributed by atoms with Crippen LogP contribution in [-0.2, 0) is 0 Å². The van der Waals surface area contributed by atoms with E-state index in [1.807, 2.05) is 24.3 Å². The Balaban J connectivity index is 1.36. The molecule has 0 bridgehead atoms. The molecule has 0 aliphatic carbocycles. The van der Waals surface area contributed by atoms with Crippen molar-refractivity contribution in [2.24, 2.45) is 0 Å². The first-order valence-electron chi connectivity index (χ1n) is 10.8. The number of halogens is 1. The molecule has 1 fully saturated rings. The zero-order valence-electron chi connectivity index (χ0n) is 17.9. The molecule has 166 valence electrons. The van der Waals surface area contributed by atoms with E-state index in [0.29, 0.717) is 5.56 Å². The lowest BCUT2D eigenvalue weighted by Gasteiger charge is -2.39. The Kier molecular flexibility index (Phi) is 7.87. The van der Waals surface area contributed by atoms with Crippen LogP contribution in [0, 0.1) is 0 Å². The van der Waals surface area contributed by atoms with Crippen molar-refractivity contribution >= 4 is 29.3 Å². The molecule has 0 radical (unpaired) electrons. The number of aromatic carboxylic acids is 1. The van der Waals surface area contributed by atoms with Crippen LogP contribution in [0.3, 0.4) is 0 Å². The van der Waals surface area contributed by atoms with Gasteiger partial charge in [-0.1, -0.05) is 66.2 Å². The molecule has 1 unspecified atom stereocenters. The van der Waals surface area contributed by atoms with Crippen LogP contribution in [-0.4, -0.2) is 59.4 Å². The van der Waals surface area contributed by atoms with E-state index in [0.717, 1.165) is 48.4 Å². The second kappa shape index (κ2) is 11.0. The third kappa shape index (κ3) is 5.73. The number of piperazine rings is 1. The summed E-state index contributed by atoms with van der Waals surface area (Å²) >= 11 is 7.75. The van der Waals surface area contributed by atoms with Gasteiger partial charge in [-0.15, -0.1) is 11.8 Å². The molecule has 0 saturated carbocycles. The van der Waals surface area contributed by atoms with E-state index < -0.39 is 5.97 Å². The van der Waals surface area contributed by atoms with Crippen molar-refractivity contribution in [3.05, 3.63) is 101 Å². The second-order valence-corrected chi connectivity index (χ2v) is 9.47. The topological polar surface area (TPSA) is 43.8 Å². The van der Waals surface area contributed by atoms with Crippen molar-refractivity contribution in [1.29, 1.82) is 0 Å². The summed E-state index contributed by atoms with van der Waals surface area (Å²) in [5.74, 6) is 0.0136. The molecular formula is C26H27ClN2O2S. The Labute approximate surface area is 198 Å². The van der Waals surface area contributed by atoms with Gasteiger partial charge in [-0.2, -0.15) is 0 Å². The number of hydrogen-bond donors (Lipinski definition) is 1. The fourth-order valence-corrected chi connectivity index (χ4v) is 5.37. The standard InChI is InChI=1S/C26H27ClN2O2S/c27-22-12-10-21(11-13-22)25(20-6-2-1-3-7-20)29-16-14-28(15-17-29)18-19-32-24-9-5-4-8-23(24)26(30)31/h1-13,25H,14-19H2,(H,30,31). The molecule has 4 rings (SSSR count). The molecular weight excluding hydrogens is 440 g/mol. The lowest BCUT2D eigenvalue weighted by molar-refractivity contribution is 0.0693. The summed E-state index contributed by atoms with van der Waals surface area (Å²) < 4.78 is 0. The summed E-state index contributed by atoms with van der Waals surface area (Å²) in [4.78, 5) is 17.3. The highest BCUT2D eigenvalue weighted by molar-refractivity contribution is 7.99. The number of carboxylic acids is 1. The van der Waals surface area contributed by atoms with Gasteiger partial charge in [-0.05, 0) is 35.4 Å². The monoisotopic (exact) mass is 466 g/mol. The zero-order chi connectivity index (χ0) is 22.3.